The summed E-state index contributed by atoms with van der Waals surface area (Å²) in [6, 6.07) is 9.95. The second kappa shape index (κ2) is 4.52. The number of rotatable bonds is 2. The number of hydrogen-bond acceptors (Lipinski definition) is 3. The van der Waals surface area contributed by atoms with Gasteiger partial charge in [-0.15, -0.1) is 11.3 Å². The average Bonchev–Trinajstić information content (AvgIpc) is 2.83. The Bertz CT molecular complexity index is 684. The number of pyridine rings is 1. The van der Waals surface area contributed by atoms with E-state index in [-0.39, 0.29) is 0 Å². The van der Waals surface area contributed by atoms with Gasteiger partial charge in [0.15, 0.2) is 0 Å². The normalized spacial score (nSPS) is 12.8. The molecule has 2 heterocycles. The van der Waals surface area contributed by atoms with Gasteiger partial charge in [-0.25, -0.2) is 0 Å². The molecule has 0 aliphatic carbocycles. The third-order valence-electron chi connectivity index (χ3n) is 3.16. The fourth-order valence-electron chi connectivity index (χ4n) is 2.19. The van der Waals surface area contributed by atoms with Crippen LogP contribution in [0.1, 0.15) is 22.1 Å². The molecule has 2 aromatic heterocycles. The second-order valence-electron chi connectivity index (χ2n) is 4.31. The Morgan fingerprint density at radius 1 is 1.22 bits per heavy atom. The summed E-state index contributed by atoms with van der Waals surface area (Å²) in [5, 5.41) is 14.7. The third-order valence-corrected chi connectivity index (χ3v) is 4.23. The molecule has 0 aliphatic heterocycles. The van der Waals surface area contributed by atoms with E-state index < -0.39 is 6.10 Å². The average molecular weight is 255 g/mol. The summed E-state index contributed by atoms with van der Waals surface area (Å²) < 4.78 is 0. The van der Waals surface area contributed by atoms with E-state index in [0.717, 1.165) is 26.8 Å². The molecule has 3 rings (SSSR count). The number of nitrogens with zero attached hydrogens (tertiary/aromatic N) is 1. The lowest BCUT2D eigenvalue weighted by molar-refractivity contribution is 0.225. The number of aryl methyl sites for hydroxylation is 1. The van der Waals surface area contributed by atoms with Crippen molar-refractivity contribution in [3.63, 3.8) is 0 Å². The Labute approximate surface area is 110 Å². The van der Waals surface area contributed by atoms with E-state index in [1.54, 1.807) is 17.5 Å². The fraction of sp³-hybridized carbons (Fsp3) is 0.133. The van der Waals surface area contributed by atoms with Crippen molar-refractivity contribution < 1.29 is 5.11 Å². The molecule has 0 amide bonds. The summed E-state index contributed by atoms with van der Waals surface area (Å²) >= 11 is 1.60. The molecule has 1 unspecified atom stereocenters. The van der Waals surface area contributed by atoms with E-state index in [1.165, 1.54) is 0 Å². The summed E-state index contributed by atoms with van der Waals surface area (Å²) in [5.74, 6) is 0. The van der Waals surface area contributed by atoms with E-state index in [4.69, 9.17) is 0 Å². The van der Waals surface area contributed by atoms with Gasteiger partial charge in [-0.2, -0.15) is 0 Å². The van der Waals surface area contributed by atoms with Gasteiger partial charge in [-0.05, 0) is 40.9 Å². The molecule has 0 saturated heterocycles. The number of hydrogen-bond donors (Lipinski definition) is 1. The van der Waals surface area contributed by atoms with Crippen LogP contribution in [-0.2, 0) is 0 Å². The van der Waals surface area contributed by atoms with Crippen molar-refractivity contribution in [1.29, 1.82) is 0 Å². The molecule has 0 aliphatic rings. The van der Waals surface area contributed by atoms with Crippen molar-refractivity contribution in [2.45, 2.75) is 13.0 Å². The topological polar surface area (TPSA) is 33.1 Å². The number of benzene rings is 1. The number of aliphatic hydroxyl groups excluding tert-OH is 1. The Morgan fingerprint density at radius 3 is 2.89 bits per heavy atom. The molecule has 0 bridgehead atoms. The fourth-order valence-corrected chi connectivity index (χ4v) is 3.12. The zero-order valence-corrected chi connectivity index (χ0v) is 10.8. The van der Waals surface area contributed by atoms with Gasteiger partial charge in [0.1, 0.15) is 6.10 Å². The Kier molecular flexibility index (Phi) is 2.86. The molecule has 1 N–H and O–H groups in total. The van der Waals surface area contributed by atoms with Crippen LogP contribution in [0, 0.1) is 6.92 Å². The highest BCUT2D eigenvalue weighted by molar-refractivity contribution is 7.10. The summed E-state index contributed by atoms with van der Waals surface area (Å²) in [6.45, 7) is 2.03. The smallest absolute Gasteiger partial charge is 0.114 e. The van der Waals surface area contributed by atoms with Crippen molar-refractivity contribution >= 4 is 22.1 Å². The van der Waals surface area contributed by atoms with Crippen LogP contribution >= 0.6 is 11.3 Å². The Hall–Kier alpha value is -1.71. The first-order chi connectivity index (χ1) is 8.77. The molecule has 90 valence electrons. The highest BCUT2D eigenvalue weighted by Crippen LogP contribution is 2.32. The van der Waals surface area contributed by atoms with Crippen molar-refractivity contribution in [1.82, 2.24) is 4.98 Å². The monoisotopic (exact) mass is 255 g/mol. The van der Waals surface area contributed by atoms with Gasteiger partial charge in [-0.3, -0.25) is 4.98 Å². The van der Waals surface area contributed by atoms with E-state index >= 15 is 0 Å². The van der Waals surface area contributed by atoms with E-state index in [0.29, 0.717) is 0 Å². The molecular formula is C15H13NOS. The lowest BCUT2D eigenvalue weighted by Gasteiger charge is -2.13. The second-order valence-corrected chi connectivity index (χ2v) is 5.26. The molecule has 0 radical (unpaired) electrons. The van der Waals surface area contributed by atoms with E-state index in [2.05, 4.69) is 4.98 Å². The largest absolute Gasteiger partial charge is 0.383 e. The standard InChI is InChI=1S/C15H13NOS/c1-10-6-8-18-15(10)14(17)13-4-2-3-11-9-16-7-5-12(11)13/h2-9,14,17H,1H3. The maximum Gasteiger partial charge on any atom is 0.114 e. The number of aliphatic hydroxyl groups is 1. The molecular weight excluding hydrogens is 242 g/mol. The minimum absolute atomic E-state index is 0.559. The van der Waals surface area contributed by atoms with E-state index in [1.807, 2.05) is 48.8 Å². The predicted molar refractivity (Wildman–Crippen MR) is 74.9 cm³/mol. The molecule has 2 nitrogen and oxygen atoms in total. The minimum atomic E-state index is -0.559. The van der Waals surface area contributed by atoms with Gasteiger partial charge in [0.25, 0.3) is 0 Å². The molecule has 3 aromatic rings. The van der Waals surface area contributed by atoms with Crippen LogP contribution in [0.25, 0.3) is 10.8 Å². The highest BCUT2D eigenvalue weighted by atomic mass is 32.1. The summed E-state index contributed by atoms with van der Waals surface area (Å²) in [7, 11) is 0. The third kappa shape index (κ3) is 1.82. The maximum atomic E-state index is 10.5. The van der Waals surface area contributed by atoms with Crippen LogP contribution in [0.3, 0.4) is 0 Å². The highest BCUT2D eigenvalue weighted by Gasteiger charge is 2.16. The van der Waals surface area contributed by atoms with Crippen molar-refractivity contribution in [3.05, 3.63) is 64.1 Å². The zero-order valence-electron chi connectivity index (χ0n) is 10.00. The van der Waals surface area contributed by atoms with Gasteiger partial charge >= 0.3 is 0 Å². The molecule has 0 saturated carbocycles. The van der Waals surface area contributed by atoms with Gasteiger partial charge < -0.3 is 5.11 Å². The Balaban J connectivity index is 2.18. The molecule has 1 aromatic carbocycles. The number of thiophene rings is 1. The molecule has 0 fully saturated rings. The van der Waals surface area contributed by atoms with E-state index in [9.17, 15) is 5.11 Å². The Morgan fingerprint density at radius 2 is 2.11 bits per heavy atom. The first kappa shape index (κ1) is 11.4. The first-order valence-electron chi connectivity index (χ1n) is 5.82. The van der Waals surface area contributed by atoms with Gasteiger partial charge in [0, 0.05) is 22.7 Å². The summed E-state index contributed by atoms with van der Waals surface area (Å²) in [4.78, 5) is 5.13. The number of aromatic nitrogens is 1. The SMILES string of the molecule is Cc1ccsc1C(O)c1cccc2cnccc12. The maximum absolute atomic E-state index is 10.5. The zero-order chi connectivity index (χ0) is 12.5. The lowest BCUT2D eigenvalue weighted by Crippen LogP contribution is -1.99. The van der Waals surface area contributed by atoms with Crippen molar-refractivity contribution in [2.24, 2.45) is 0 Å². The van der Waals surface area contributed by atoms with Gasteiger partial charge in [0.2, 0.25) is 0 Å². The van der Waals surface area contributed by atoms with Crippen LogP contribution in [-0.4, -0.2) is 10.1 Å². The molecule has 3 heteroatoms. The summed E-state index contributed by atoms with van der Waals surface area (Å²) in [6.07, 6.45) is 3.03. The van der Waals surface area contributed by atoms with Gasteiger partial charge in [-0.1, -0.05) is 18.2 Å². The summed E-state index contributed by atoms with van der Waals surface area (Å²) in [5.41, 5.74) is 2.08. The molecule has 1 atom stereocenters. The van der Waals surface area contributed by atoms with Crippen LogP contribution < -0.4 is 0 Å². The van der Waals surface area contributed by atoms with Crippen LogP contribution in [0.4, 0.5) is 0 Å². The van der Waals surface area contributed by atoms with Crippen molar-refractivity contribution in [2.75, 3.05) is 0 Å². The molecule has 18 heavy (non-hydrogen) atoms. The van der Waals surface area contributed by atoms with Gasteiger partial charge in [0.05, 0.1) is 0 Å². The quantitative estimate of drug-likeness (QED) is 0.757. The minimum Gasteiger partial charge on any atom is -0.383 e. The first-order valence-corrected chi connectivity index (χ1v) is 6.70. The molecule has 0 spiro atoms. The van der Waals surface area contributed by atoms with Crippen LogP contribution in [0.15, 0.2) is 48.1 Å². The van der Waals surface area contributed by atoms with Crippen LogP contribution in [0.5, 0.6) is 0 Å². The van der Waals surface area contributed by atoms with Crippen LogP contribution in [0.2, 0.25) is 0 Å². The number of fused-ring (bicyclic) bond motifs is 1. The lowest BCUT2D eigenvalue weighted by atomic mass is 10.00. The van der Waals surface area contributed by atoms with Crippen molar-refractivity contribution in [3.8, 4) is 0 Å². The predicted octanol–water partition coefficient (Wildman–Crippen LogP) is 3.69.